The van der Waals surface area contributed by atoms with Crippen LogP contribution in [0.5, 0.6) is 0 Å². The second-order valence-corrected chi connectivity index (χ2v) is 7.71. The number of esters is 1. The summed E-state index contributed by atoms with van der Waals surface area (Å²) in [5, 5.41) is 0. The lowest BCUT2D eigenvalue weighted by Crippen LogP contribution is -2.43. The number of hydrogen-bond acceptors (Lipinski definition) is 6. The fourth-order valence-corrected chi connectivity index (χ4v) is 2.23. The summed E-state index contributed by atoms with van der Waals surface area (Å²) in [6.45, 7) is 5.00. The van der Waals surface area contributed by atoms with Crippen LogP contribution >= 0.6 is 0 Å². The highest BCUT2D eigenvalue weighted by Gasteiger charge is 2.31. The Labute approximate surface area is 131 Å². The molecule has 0 saturated carbocycles. The van der Waals surface area contributed by atoms with E-state index in [1.807, 2.05) is 6.07 Å². The van der Waals surface area contributed by atoms with Gasteiger partial charge in [0.15, 0.2) is 0 Å². The Hall–Kier alpha value is -1.44. The molecule has 0 aliphatic rings. The monoisotopic (exact) mass is 329 g/mol. The van der Waals surface area contributed by atoms with E-state index in [0.717, 1.165) is 6.26 Å². The standard InChI is InChI=1S/C15H23NO5S/c1-15(2,3)21-14(17)13(16)12(10-20-22(4,18)19)11-8-6-5-7-9-11/h5-9,12-13H,10,16H2,1-4H3/t12-,13-/m0/s1. The summed E-state index contributed by atoms with van der Waals surface area (Å²) in [5.74, 6) is -1.22. The van der Waals surface area contributed by atoms with Gasteiger partial charge in [0.2, 0.25) is 0 Å². The molecule has 0 fully saturated rings. The molecule has 0 bridgehead atoms. The van der Waals surface area contributed by atoms with E-state index in [4.69, 9.17) is 14.7 Å². The fourth-order valence-electron chi connectivity index (χ4n) is 1.84. The fraction of sp³-hybridized carbons (Fsp3) is 0.533. The largest absolute Gasteiger partial charge is 0.459 e. The number of benzene rings is 1. The van der Waals surface area contributed by atoms with Crippen molar-refractivity contribution < 1.29 is 22.1 Å². The molecular formula is C15H23NO5S. The van der Waals surface area contributed by atoms with Gasteiger partial charge in [0.05, 0.1) is 12.9 Å². The Kier molecular flexibility index (Phi) is 6.10. The average Bonchev–Trinajstić information content (AvgIpc) is 2.36. The molecule has 124 valence electrons. The van der Waals surface area contributed by atoms with E-state index in [0.29, 0.717) is 5.56 Å². The molecule has 1 rings (SSSR count). The zero-order valence-corrected chi connectivity index (χ0v) is 14.1. The zero-order valence-electron chi connectivity index (χ0n) is 13.3. The molecule has 6 nitrogen and oxygen atoms in total. The van der Waals surface area contributed by atoms with E-state index < -0.39 is 33.6 Å². The number of hydrogen-bond donors (Lipinski definition) is 1. The van der Waals surface area contributed by atoms with E-state index in [1.54, 1.807) is 45.0 Å². The molecule has 0 heterocycles. The number of nitrogens with two attached hydrogens (primary N) is 1. The predicted octanol–water partition coefficient (Wildman–Crippen LogP) is 1.42. The maximum absolute atomic E-state index is 12.1. The third kappa shape index (κ3) is 6.55. The minimum atomic E-state index is -3.63. The lowest BCUT2D eigenvalue weighted by molar-refractivity contribution is -0.157. The Balaban J connectivity index is 2.97. The third-order valence-corrected chi connectivity index (χ3v) is 3.37. The predicted molar refractivity (Wildman–Crippen MR) is 83.8 cm³/mol. The smallest absolute Gasteiger partial charge is 0.324 e. The molecule has 0 saturated heterocycles. The van der Waals surface area contributed by atoms with Gasteiger partial charge >= 0.3 is 5.97 Å². The van der Waals surface area contributed by atoms with E-state index in [-0.39, 0.29) is 6.61 Å². The van der Waals surface area contributed by atoms with Gasteiger partial charge in [0.25, 0.3) is 10.1 Å². The zero-order chi connectivity index (χ0) is 17.0. The summed E-state index contributed by atoms with van der Waals surface area (Å²) in [4.78, 5) is 12.1. The number of ether oxygens (including phenoxy) is 1. The summed E-state index contributed by atoms with van der Waals surface area (Å²) in [6.07, 6.45) is 0.952. The van der Waals surface area contributed by atoms with Crippen LogP contribution in [0.2, 0.25) is 0 Å². The van der Waals surface area contributed by atoms with Crippen LogP contribution in [0.3, 0.4) is 0 Å². The maximum Gasteiger partial charge on any atom is 0.324 e. The number of carbonyl (C=O) groups excluding carboxylic acids is 1. The Morgan fingerprint density at radius 3 is 2.23 bits per heavy atom. The van der Waals surface area contributed by atoms with Crippen molar-refractivity contribution >= 4 is 16.1 Å². The molecule has 22 heavy (non-hydrogen) atoms. The summed E-state index contributed by atoms with van der Waals surface area (Å²) in [7, 11) is -3.63. The highest BCUT2D eigenvalue weighted by Crippen LogP contribution is 2.22. The lowest BCUT2D eigenvalue weighted by atomic mass is 9.92. The molecule has 0 radical (unpaired) electrons. The minimum absolute atomic E-state index is 0.219. The van der Waals surface area contributed by atoms with E-state index >= 15 is 0 Å². The van der Waals surface area contributed by atoms with Crippen LogP contribution in [0.4, 0.5) is 0 Å². The molecule has 0 spiro atoms. The molecule has 1 aromatic rings. The van der Waals surface area contributed by atoms with E-state index in [1.165, 1.54) is 0 Å². The summed E-state index contributed by atoms with van der Waals surface area (Å²) in [6, 6.07) is 7.89. The molecule has 0 amide bonds. The van der Waals surface area contributed by atoms with Gasteiger partial charge in [-0.2, -0.15) is 8.42 Å². The molecule has 7 heteroatoms. The van der Waals surface area contributed by atoms with Gasteiger partial charge in [-0.05, 0) is 26.3 Å². The Morgan fingerprint density at radius 1 is 1.23 bits per heavy atom. The molecule has 2 atom stereocenters. The van der Waals surface area contributed by atoms with Crippen LogP contribution in [0.25, 0.3) is 0 Å². The van der Waals surface area contributed by atoms with Gasteiger partial charge in [-0.15, -0.1) is 0 Å². The normalized spacial score (nSPS) is 15.1. The maximum atomic E-state index is 12.1. The van der Waals surface area contributed by atoms with Crippen molar-refractivity contribution in [2.45, 2.75) is 38.3 Å². The molecular weight excluding hydrogens is 306 g/mol. The SMILES string of the molecule is CC(C)(C)OC(=O)[C@@H](N)[C@@H](COS(C)(=O)=O)c1ccccc1. The van der Waals surface area contributed by atoms with Crippen LogP contribution in [0, 0.1) is 0 Å². The Bertz CT molecular complexity index is 592. The first kappa shape index (κ1) is 18.6. The first-order valence-electron chi connectivity index (χ1n) is 6.87. The van der Waals surface area contributed by atoms with Crippen molar-refractivity contribution in [2.75, 3.05) is 12.9 Å². The van der Waals surface area contributed by atoms with Gasteiger partial charge in [-0.1, -0.05) is 30.3 Å². The summed E-state index contributed by atoms with van der Waals surface area (Å²) in [5.41, 5.74) is 6.02. The van der Waals surface area contributed by atoms with E-state index in [2.05, 4.69) is 0 Å². The third-order valence-electron chi connectivity index (χ3n) is 2.80. The number of carbonyl (C=O) groups is 1. The minimum Gasteiger partial charge on any atom is -0.459 e. The van der Waals surface area contributed by atoms with Crippen LogP contribution in [0.1, 0.15) is 32.3 Å². The first-order valence-corrected chi connectivity index (χ1v) is 8.69. The molecule has 0 unspecified atom stereocenters. The molecule has 0 aliphatic heterocycles. The average molecular weight is 329 g/mol. The first-order chi connectivity index (χ1) is 9.99. The molecule has 2 N–H and O–H groups in total. The molecule has 0 aromatic heterocycles. The lowest BCUT2D eigenvalue weighted by Gasteiger charge is -2.26. The van der Waals surface area contributed by atoms with Gasteiger partial charge in [-0.25, -0.2) is 0 Å². The van der Waals surface area contributed by atoms with Crippen molar-refractivity contribution in [1.82, 2.24) is 0 Å². The topological polar surface area (TPSA) is 95.7 Å². The van der Waals surface area contributed by atoms with Crippen LogP contribution in [0.15, 0.2) is 30.3 Å². The van der Waals surface area contributed by atoms with E-state index in [9.17, 15) is 13.2 Å². The second-order valence-electron chi connectivity index (χ2n) is 6.07. The van der Waals surface area contributed by atoms with Crippen molar-refractivity contribution in [3.8, 4) is 0 Å². The van der Waals surface area contributed by atoms with Crippen molar-refractivity contribution in [3.63, 3.8) is 0 Å². The van der Waals surface area contributed by atoms with Crippen LogP contribution in [-0.4, -0.2) is 38.9 Å². The second kappa shape index (κ2) is 7.21. The highest BCUT2D eigenvalue weighted by molar-refractivity contribution is 7.85. The Morgan fingerprint density at radius 2 is 1.77 bits per heavy atom. The van der Waals surface area contributed by atoms with Crippen molar-refractivity contribution in [1.29, 1.82) is 0 Å². The van der Waals surface area contributed by atoms with Crippen molar-refractivity contribution in [2.24, 2.45) is 5.73 Å². The summed E-state index contributed by atoms with van der Waals surface area (Å²) < 4.78 is 32.5. The highest BCUT2D eigenvalue weighted by atomic mass is 32.2. The molecule has 0 aliphatic carbocycles. The van der Waals surface area contributed by atoms with Gasteiger partial charge in [0, 0.05) is 5.92 Å². The van der Waals surface area contributed by atoms with Crippen molar-refractivity contribution in [3.05, 3.63) is 35.9 Å². The van der Waals surface area contributed by atoms with Gasteiger partial charge < -0.3 is 10.5 Å². The van der Waals surface area contributed by atoms with Crippen LogP contribution in [-0.2, 0) is 23.8 Å². The molecule has 1 aromatic carbocycles. The van der Waals surface area contributed by atoms with Crippen LogP contribution < -0.4 is 5.73 Å². The number of rotatable bonds is 6. The van der Waals surface area contributed by atoms with Gasteiger partial charge in [0.1, 0.15) is 11.6 Å². The quantitative estimate of drug-likeness (QED) is 0.626. The summed E-state index contributed by atoms with van der Waals surface area (Å²) >= 11 is 0. The van der Waals surface area contributed by atoms with Gasteiger partial charge in [-0.3, -0.25) is 8.98 Å².